The number of quaternary nitrogens is 1. The molecule has 0 aliphatic rings. The largest absolute Gasteiger partial charge is 0.323 e. The first-order chi connectivity index (χ1) is 13.0. The van der Waals surface area contributed by atoms with Crippen LogP contribution in [0.1, 0.15) is 23.9 Å². The van der Waals surface area contributed by atoms with E-state index in [0.29, 0.717) is 23.3 Å². The Bertz CT molecular complexity index is 1030. The summed E-state index contributed by atoms with van der Waals surface area (Å²) in [6.07, 6.45) is 0.863. The van der Waals surface area contributed by atoms with Crippen LogP contribution in [0.4, 0.5) is 5.69 Å². The molecule has 3 rings (SSSR count). The highest BCUT2D eigenvalue weighted by atomic mass is 16.2. The van der Waals surface area contributed by atoms with Crippen LogP contribution in [0.2, 0.25) is 0 Å². The Morgan fingerprint density at radius 1 is 1.19 bits per heavy atom. The first kappa shape index (κ1) is 18.8. The standard InChI is InChI=1S/C21H24N4O2/c1-4-15-9-7-8-14(2)20(15)24-19(26)13-25(3)12-18-22-17-11-6-5-10-16(17)21(27)23-18/h5-11H,4,12-13H2,1-3H3,(H,24,26)(H,22,23,27)/p+1. The van der Waals surface area contributed by atoms with E-state index < -0.39 is 0 Å². The van der Waals surface area contributed by atoms with Crippen molar-refractivity contribution in [3.8, 4) is 0 Å². The van der Waals surface area contributed by atoms with Crippen LogP contribution in [0.15, 0.2) is 47.3 Å². The van der Waals surface area contributed by atoms with Crippen molar-refractivity contribution in [1.29, 1.82) is 0 Å². The third-order valence-corrected chi connectivity index (χ3v) is 4.60. The molecule has 1 heterocycles. The zero-order chi connectivity index (χ0) is 19.4. The number of aromatic nitrogens is 2. The van der Waals surface area contributed by atoms with E-state index in [1.54, 1.807) is 6.07 Å². The Labute approximate surface area is 158 Å². The number of carbonyl (C=O) groups is 1. The molecule has 0 radical (unpaired) electrons. The van der Waals surface area contributed by atoms with Gasteiger partial charge in [-0.1, -0.05) is 37.3 Å². The summed E-state index contributed by atoms with van der Waals surface area (Å²) in [5.41, 5.74) is 3.60. The quantitative estimate of drug-likeness (QED) is 0.619. The van der Waals surface area contributed by atoms with Crippen LogP contribution in [0.25, 0.3) is 10.9 Å². The van der Waals surface area contributed by atoms with Crippen LogP contribution in [-0.2, 0) is 17.8 Å². The number of anilines is 1. The molecule has 1 aromatic heterocycles. The average molecular weight is 365 g/mol. The van der Waals surface area contributed by atoms with Gasteiger partial charge in [-0.3, -0.25) is 9.59 Å². The fraction of sp³-hybridized carbons (Fsp3) is 0.286. The Morgan fingerprint density at radius 3 is 2.74 bits per heavy atom. The number of benzene rings is 2. The monoisotopic (exact) mass is 365 g/mol. The van der Waals surface area contributed by atoms with Gasteiger partial charge in [-0.25, -0.2) is 4.98 Å². The number of hydrogen-bond acceptors (Lipinski definition) is 3. The lowest BCUT2D eigenvalue weighted by molar-refractivity contribution is -0.885. The van der Waals surface area contributed by atoms with Crippen molar-refractivity contribution in [3.05, 3.63) is 69.8 Å². The first-order valence-corrected chi connectivity index (χ1v) is 9.15. The SMILES string of the molecule is CCc1cccc(C)c1NC(=O)C[NH+](C)Cc1nc2ccccc2c(=O)[nH]1. The number of aryl methyl sites for hydroxylation is 2. The van der Waals surface area contributed by atoms with Gasteiger partial charge in [-0.05, 0) is 36.6 Å². The van der Waals surface area contributed by atoms with Crippen LogP contribution in [0.3, 0.4) is 0 Å². The zero-order valence-electron chi connectivity index (χ0n) is 15.9. The van der Waals surface area contributed by atoms with Crippen LogP contribution in [0.5, 0.6) is 0 Å². The van der Waals surface area contributed by atoms with Crippen molar-refractivity contribution in [2.75, 3.05) is 18.9 Å². The van der Waals surface area contributed by atoms with Gasteiger partial charge in [-0.15, -0.1) is 0 Å². The van der Waals surface area contributed by atoms with Gasteiger partial charge in [0.1, 0.15) is 6.54 Å². The molecule has 27 heavy (non-hydrogen) atoms. The lowest BCUT2D eigenvalue weighted by Crippen LogP contribution is -3.08. The zero-order valence-corrected chi connectivity index (χ0v) is 15.9. The summed E-state index contributed by atoms with van der Waals surface area (Å²) in [4.78, 5) is 32.9. The van der Waals surface area contributed by atoms with E-state index in [9.17, 15) is 9.59 Å². The van der Waals surface area contributed by atoms with Crippen molar-refractivity contribution in [2.45, 2.75) is 26.8 Å². The number of aromatic amines is 1. The van der Waals surface area contributed by atoms with Crippen LogP contribution in [-0.4, -0.2) is 29.5 Å². The first-order valence-electron chi connectivity index (χ1n) is 9.15. The molecule has 6 heteroatoms. The predicted molar refractivity (Wildman–Crippen MR) is 107 cm³/mol. The topological polar surface area (TPSA) is 79.3 Å². The van der Waals surface area contributed by atoms with Crippen molar-refractivity contribution in [1.82, 2.24) is 9.97 Å². The average Bonchev–Trinajstić information content (AvgIpc) is 2.63. The van der Waals surface area contributed by atoms with Gasteiger partial charge in [0.25, 0.3) is 11.5 Å². The number of nitrogens with one attached hydrogen (secondary N) is 3. The number of H-pyrrole nitrogens is 1. The highest BCUT2D eigenvalue weighted by Crippen LogP contribution is 2.20. The number of rotatable bonds is 6. The van der Waals surface area contributed by atoms with Crippen LogP contribution < -0.4 is 15.8 Å². The molecular formula is C21H25N4O2+. The van der Waals surface area contributed by atoms with Gasteiger partial charge >= 0.3 is 0 Å². The Morgan fingerprint density at radius 2 is 1.96 bits per heavy atom. The maximum atomic E-state index is 12.5. The molecule has 1 atom stereocenters. The molecule has 3 N–H and O–H groups in total. The normalized spacial score (nSPS) is 12.1. The molecule has 2 aromatic carbocycles. The van der Waals surface area contributed by atoms with Crippen molar-refractivity contribution in [3.63, 3.8) is 0 Å². The third-order valence-electron chi connectivity index (χ3n) is 4.60. The molecular weight excluding hydrogens is 340 g/mol. The van der Waals surface area contributed by atoms with Crippen molar-refractivity contribution >= 4 is 22.5 Å². The smallest absolute Gasteiger partial charge is 0.279 e. The van der Waals surface area contributed by atoms with Crippen molar-refractivity contribution in [2.24, 2.45) is 0 Å². The minimum atomic E-state index is -0.152. The van der Waals surface area contributed by atoms with E-state index >= 15 is 0 Å². The Hall–Kier alpha value is -2.99. The second-order valence-electron chi connectivity index (χ2n) is 6.85. The summed E-state index contributed by atoms with van der Waals surface area (Å²) in [5, 5.41) is 3.61. The lowest BCUT2D eigenvalue weighted by Gasteiger charge is -2.16. The Balaban J connectivity index is 1.68. The second kappa shape index (κ2) is 8.14. The van der Waals surface area contributed by atoms with Crippen molar-refractivity contribution < 1.29 is 9.69 Å². The highest BCUT2D eigenvalue weighted by Gasteiger charge is 2.15. The molecule has 0 aliphatic heterocycles. The van der Waals surface area contributed by atoms with E-state index in [2.05, 4.69) is 22.2 Å². The van der Waals surface area contributed by atoms with E-state index in [1.165, 1.54) is 0 Å². The van der Waals surface area contributed by atoms with Gasteiger partial charge in [0.05, 0.1) is 18.0 Å². The molecule has 6 nitrogen and oxygen atoms in total. The molecule has 0 bridgehead atoms. The minimum Gasteiger partial charge on any atom is -0.323 e. The summed E-state index contributed by atoms with van der Waals surface area (Å²) in [6.45, 7) is 4.81. The lowest BCUT2D eigenvalue weighted by atomic mass is 10.1. The molecule has 0 spiro atoms. The van der Waals surface area contributed by atoms with Gasteiger partial charge < -0.3 is 15.2 Å². The fourth-order valence-corrected chi connectivity index (χ4v) is 3.23. The third kappa shape index (κ3) is 4.41. The van der Waals surface area contributed by atoms with E-state index in [4.69, 9.17) is 0 Å². The molecule has 1 unspecified atom stereocenters. The number of carbonyl (C=O) groups excluding carboxylic acids is 1. The minimum absolute atomic E-state index is 0.0559. The summed E-state index contributed by atoms with van der Waals surface area (Å²) in [5.74, 6) is 0.522. The predicted octanol–water partition coefficient (Wildman–Crippen LogP) is 1.45. The van der Waals surface area contributed by atoms with Crippen LogP contribution >= 0.6 is 0 Å². The van der Waals surface area contributed by atoms with E-state index in [1.807, 2.05) is 50.4 Å². The highest BCUT2D eigenvalue weighted by molar-refractivity contribution is 5.93. The number of nitrogens with zero attached hydrogens (tertiary/aromatic N) is 1. The van der Waals surface area contributed by atoms with Gasteiger partial charge in [0.2, 0.25) is 0 Å². The second-order valence-corrected chi connectivity index (χ2v) is 6.85. The summed E-state index contributed by atoms with van der Waals surface area (Å²) in [6, 6.07) is 13.3. The number of fused-ring (bicyclic) bond motifs is 1. The summed E-state index contributed by atoms with van der Waals surface area (Å²) >= 11 is 0. The fourth-order valence-electron chi connectivity index (χ4n) is 3.23. The molecule has 0 saturated heterocycles. The summed E-state index contributed by atoms with van der Waals surface area (Å²) < 4.78 is 0. The van der Waals surface area contributed by atoms with Gasteiger partial charge in [0, 0.05) is 5.69 Å². The number of likely N-dealkylation sites (N-methyl/N-ethyl adjacent to an activating group) is 1. The van der Waals surface area contributed by atoms with Gasteiger partial charge in [0.15, 0.2) is 12.4 Å². The molecule has 1 amide bonds. The number of amides is 1. The van der Waals surface area contributed by atoms with Crippen LogP contribution in [0, 0.1) is 6.92 Å². The molecule has 0 aliphatic carbocycles. The Kier molecular flexibility index (Phi) is 5.66. The van der Waals surface area contributed by atoms with Gasteiger partial charge in [-0.2, -0.15) is 0 Å². The van der Waals surface area contributed by atoms with E-state index in [-0.39, 0.29) is 18.0 Å². The van der Waals surface area contributed by atoms with E-state index in [0.717, 1.165) is 28.1 Å². The molecule has 0 saturated carbocycles. The number of hydrogen-bond donors (Lipinski definition) is 3. The molecule has 0 fully saturated rings. The summed E-state index contributed by atoms with van der Waals surface area (Å²) in [7, 11) is 1.91. The maximum absolute atomic E-state index is 12.5. The molecule has 140 valence electrons. The maximum Gasteiger partial charge on any atom is 0.279 e. The number of para-hydroxylation sites is 2. The molecule has 3 aromatic rings.